The van der Waals surface area contributed by atoms with Gasteiger partial charge in [-0.3, -0.25) is 0 Å². The maximum atomic E-state index is 6.52. The van der Waals surface area contributed by atoms with E-state index >= 15 is 0 Å². The normalized spacial score (nSPS) is 26.8. The topological polar surface area (TPSA) is 49.3 Å². The number of hydrogen-bond donors (Lipinski definition) is 0. The summed E-state index contributed by atoms with van der Waals surface area (Å²) in [6, 6.07) is 4.81. The van der Waals surface area contributed by atoms with Gasteiger partial charge in [0.05, 0.1) is 25.2 Å². The molecule has 0 N–H and O–H groups in total. The number of benzene rings is 1. The monoisotopic (exact) mass is 469 g/mol. The number of nitrogens with zero attached hydrogens (tertiary/aromatic N) is 1. The summed E-state index contributed by atoms with van der Waals surface area (Å²) in [5.74, 6) is 2.76. The van der Waals surface area contributed by atoms with E-state index in [-0.39, 0.29) is 16.9 Å². The van der Waals surface area contributed by atoms with Crippen LogP contribution in [0.4, 0.5) is 0 Å². The van der Waals surface area contributed by atoms with E-state index in [0.717, 1.165) is 37.3 Å². The van der Waals surface area contributed by atoms with Gasteiger partial charge < -0.3 is 18.9 Å². The smallest absolute Gasteiger partial charge is 0.195 e. The van der Waals surface area contributed by atoms with Crippen LogP contribution in [0.2, 0.25) is 0 Å². The predicted octanol–water partition coefficient (Wildman–Crippen LogP) is 6.19. The molecule has 0 unspecified atom stereocenters. The van der Waals surface area contributed by atoms with E-state index in [9.17, 15) is 0 Å². The molecular weight excluding hydrogens is 426 g/mol. The Morgan fingerprint density at radius 2 is 1.94 bits per heavy atom. The first-order valence-electron chi connectivity index (χ1n) is 12.8. The van der Waals surface area contributed by atoms with Crippen LogP contribution in [0, 0.1) is 11.3 Å². The number of aliphatic imine (C=N–C) groups is 1. The van der Waals surface area contributed by atoms with E-state index in [1.807, 2.05) is 7.11 Å². The minimum Gasteiger partial charge on any atom is -0.496 e. The van der Waals surface area contributed by atoms with Gasteiger partial charge in [0.2, 0.25) is 0 Å². The molecule has 0 bridgehead atoms. The van der Waals surface area contributed by atoms with Crippen molar-refractivity contribution in [2.24, 2.45) is 16.3 Å². The molecule has 0 radical (unpaired) electrons. The first-order valence-corrected chi connectivity index (χ1v) is 12.8. The minimum absolute atomic E-state index is 0.0727. The number of fused-ring (bicyclic) bond motifs is 3. The van der Waals surface area contributed by atoms with Gasteiger partial charge in [-0.05, 0) is 72.1 Å². The molecule has 0 amide bonds. The Kier molecular flexibility index (Phi) is 7.17. The van der Waals surface area contributed by atoms with Crippen molar-refractivity contribution in [3.63, 3.8) is 0 Å². The van der Waals surface area contributed by atoms with Gasteiger partial charge in [0.15, 0.2) is 5.90 Å². The third-order valence-electron chi connectivity index (χ3n) is 8.29. The lowest BCUT2D eigenvalue weighted by Crippen LogP contribution is -2.49. The predicted molar refractivity (Wildman–Crippen MR) is 137 cm³/mol. The van der Waals surface area contributed by atoms with Crippen molar-refractivity contribution in [1.29, 1.82) is 0 Å². The molecule has 2 aliphatic carbocycles. The molecule has 4 rings (SSSR count). The van der Waals surface area contributed by atoms with E-state index in [1.54, 1.807) is 7.11 Å². The van der Waals surface area contributed by atoms with Gasteiger partial charge in [0.25, 0.3) is 0 Å². The third kappa shape index (κ3) is 4.19. The molecule has 0 saturated carbocycles. The summed E-state index contributed by atoms with van der Waals surface area (Å²) in [5, 5.41) is 0. The Hall–Kier alpha value is -1.85. The van der Waals surface area contributed by atoms with Crippen molar-refractivity contribution in [2.75, 3.05) is 34.2 Å². The molecule has 1 aliphatic heterocycles. The van der Waals surface area contributed by atoms with E-state index in [4.69, 9.17) is 23.9 Å². The summed E-state index contributed by atoms with van der Waals surface area (Å²) in [5.41, 5.74) is 6.66. The molecule has 1 aromatic rings. The fourth-order valence-corrected chi connectivity index (χ4v) is 6.28. The average Bonchev–Trinajstić information content (AvgIpc) is 3.31. The van der Waals surface area contributed by atoms with Crippen molar-refractivity contribution in [2.45, 2.75) is 84.6 Å². The number of rotatable bonds is 7. The van der Waals surface area contributed by atoms with Crippen LogP contribution in [-0.2, 0) is 26.0 Å². The standard InChI is InChI=1S/C29H43NO4/c1-18(2)21-9-12-24-22(26(21)32-8)10-11-23-19(3)20(15-33-17-31-7)13-14-29(23,24)27-30-25(16-34-27)28(4,5)6/h9,12,18,23,25H,10-11,13-17H2,1-8H3/t23-,25-,29+/m1/s1. The van der Waals surface area contributed by atoms with E-state index in [1.165, 1.54) is 27.8 Å². The maximum absolute atomic E-state index is 6.52. The average molecular weight is 470 g/mol. The van der Waals surface area contributed by atoms with E-state index in [0.29, 0.717) is 31.8 Å². The fraction of sp³-hybridized carbons (Fsp3) is 0.690. The van der Waals surface area contributed by atoms with E-state index in [2.05, 4.69) is 53.7 Å². The van der Waals surface area contributed by atoms with Gasteiger partial charge in [0, 0.05) is 7.11 Å². The van der Waals surface area contributed by atoms with Gasteiger partial charge in [-0.25, -0.2) is 4.99 Å². The van der Waals surface area contributed by atoms with Gasteiger partial charge in [0.1, 0.15) is 19.1 Å². The summed E-state index contributed by atoms with van der Waals surface area (Å²) in [6.45, 7) is 15.2. The van der Waals surface area contributed by atoms with Crippen LogP contribution in [0.25, 0.3) is 0 Å². The van der Waals surface area contributed by atoms with Crippen molar-refractivity contribution >= 4 is 5.90 Å². The second-order valence-corrected chi connectivity index (χ2v) is 11.6. The van der Waals surface area contributed by atoms with Gasteiger partial charge in [-0.1, -0.05) is 52.3 Å². The van der Waals surface area contributed by atoms with Crippen molar-refractivity contribution in [3.05, 3.63) is 40.0 Å². The molecule has 5 nitrogen and oxygen atoms in total. The molecule has 0 fully saturated rings. The number of ether oxygens (including phenoxy) is 4. The number of methoxy groups -OCH3 is 2. The zero-order valence-corrected chi connectivity index (χ0v) is 22.4. The summed E-state index contributed by atoms with van der Waals surface area (Å²) >= 11 is 0. The molecule has 3 aliphatic rings. The van der Waals surface area contributed by atoms with Gasteiger partial charge >= 0.3 is 0 Å². The number of allylic oxidation sites excluding steroid dienone is 1. The van der Waals surface area contributed by atoms with Crippen molar-refractivity contribution in [3.8, 4) is 5.75 Å². The summed E-state index contributed by atoms with van der Waals surface area (Å²) in [4.78, 5) is 5.28. The Bertz CT molecular complexity index is 971. The highest BCUT2D eigenvalue weighted by molar-refractivity contribution is 5.92. The van der Waals surface area contributed by atoms with Crippen molar-refractivity contribution < 1.29 is 18.9 Å². The van der Waals surface area contributed by atoms with Crippen LogP contribution in [0.15, 0.2) is 28.3 Å². The molecule has 1 heterocycles. The van der Waals surface area contributed by atoms with Crippen LogP contribution >= 0.6 is 0 Å². The molecule has 3 atom stereocenters. The largest absolute Gasteiger partial charge is 0.496 e. The van der Waals surface area contributed by atoms with Crippen LogP contribution in [-0.4, -0.2) is 46.2 Å². The van der Waals surface area contributed by atoms with Crippen molar-refractivity contribution in [1.82, 2.24) is 0 Å². The Morgan fingerprint density at radius 1 is 1.18 bits per heavy atom. The molecule has 1 aromatic carbocycles. The maximum Gasteiger partial charge on any atom is 0.195 e. The SMILES string of the molecule is COCOCC1=C(C)[C@H]2CCc3c(ccc(C(C)C)c3OC)[C@]2(C2=N[C@@H](C(C)(C)C)CO2)CC1. The Labute approximate surface area is 205 Å². The van der Waals surface area contributed by atoms with Gasteiger partial charge in [-0.15, -0.1) is 0 Å². The number of hydrogen-bond acceptors (Lipinski definition) is 5. The second kappa shape index (κ2) is 9.66. The van der Waals surface area contributed by atoms with Crippen LogP contribution in [0.1, 0.15) is 83.4 Å². The van der Waals surface area contributed by atoms with E-state index < -0.39 is 0 Å². The lowest BCUT2D eigenvalue weighted by Gasteiger charge is -2.49. The first kappa shape index (κ1) is 25.2. The summed E-state index contributed by atoms with van der Waals surface area (Å²) < 4.78 is 23.5. The molecule has 188 valence electrons. The fourth-order valence-electron chi connectivity index (χ4n) is 6.28. The zero-order chi connectivity index (χ0) is 24.7. The Morgan fingerprint density at radius 3 is 2.56 bits per heavy atom. The molecule has 34 heavy (non-hydrogen) atoms. The summed E-state index contributed by atoms with van der Waals surface area (Å²) in [6.07, 6.45) is 4.02. The third-order valence-corrected chi connectivity index (χ3v) is 8.29. The molecule has 5 heteroatoms. The van der Waals surface area contributed by atoms with Gasteiger partial charge in [-0.2, -0.15) is 0 Å². The highest BCUT2D eigenvalue weighted by Crippen LogP contribution is 2.56. The summed E-state index contributed by atoms with van der Waals surface area (Å²) in [7, 11) is 3.49. The molecule has 0 spiro atoms. The van der Waals surface area contributed by atoms with Crippen LogP contribution in [0.5, 0.6) is 5.75 Å². The van der Waals surface area contributed by atoms with Crippen LogP contribution < -0.4 is 4.74 Å². The minimum atomic E-state index is -0.245. The molecular formula is C29H43NO4. The van der Waals surface area contributed by atoms with Crippen LogP contribution in [0.3, 0.4) is 0 Å². The first-order chi connectivity index (χ1) is 16.1. The Balaban J connectivity index is 1.87. The highest BCUT2D eigenvalue weighted by atomic mass is 16.7. The second-order valence-electron chi connectivity index (χ2n) is 11.6. The quantitative estimate of drug-likeness (QED) is 0.271. The zero-order valence-electron chi connectivity index (χ0n) is 22.4. The molecule has 0 saturated heterocycles. The highest BCUT2D eigenvalue weighted by Gasteiger charge is 2.54. The lowest BCUT2D eigenvalue weighted by atomic mass is 9.55. The lowest BCUT2D eigenvalue weighted by molar-refractivity contribution is -0.0228. The molecule has 0 aromatic heterocycles.